The molecule has 1 aromatic rings. The molecule has 4 heteroatoms. The van der Waals surface area contributed by atoms with Crippen molar-refractivity contribution >= 4 is 0 Å². The highest BCUT2D eigenvalue weighted by molar-refractivity contribution is 5.34. The van der Waals surface area contributed by atoms with Crippen LogP contribution in [0.1, 0.15) is 19.4 Å². The number of likely N-dealkylation sites (N-methyl/N-ethyl adjacent to an activating group) is 1. The lowest BCUT2D eigenvalue weighted by atomic mass is 10.2. The fourth-order valence-electron chi connectivity index (χ4n) is 1.86. The zero-order valence-electron chi connectivity index (χ0n) is 11.5. The highest BCUT2D eigenvalue weighted by atomic mass is 19.1. The fraction of sp³-hybridized carbons (Fsp3) is 0.571. The third-order valence-electron chi connectivity index (χ3n) is 2.96. The number of nitrogens with zero attached hydrogens (tertiary/aromatic N) is 1. The van der Waals surface area contributed by atoms with Gasteiger partial charge < -0.3 is 15.0 Å². The molecule has 0 saturated carbocycles. The first-order valence-electron chi connectivity index (χ1n) is 6.50. The highest BCUT2D eigenvalue weighted by Gasteiger charge is 2.09. The van der Waals surface area contributed by atoms with Gasteiger partial charge in [-0.05, 0) is 26.2 Å². The first-order chi connectivity index (χ1) is 8.72. The van der Waals surface area contributed by atoms with Gasteiger partial charge in [-0.15, -0.1) is 0 Å². The molecule has 0 aliphatic heterocycles. The zero-order valence-corrected chi connectivity index (χ0v) is 11.5. The van der Waals surface area contributed by atoms with Crippen molar-refractivity contribution in [3.63, 3.8) is 0 Å². The van der Waals surface area contributed by atoms with Gasteiger partial charge in [0.15, 0.2) is 11.6 Å². The molecule has 0 saturated heterocycles. The Balaban J connectivity index is 2.60. The molecule has 102 valence electrons. The predicted octanol–water partition coefficient (Wildman–Crippen LogP) is 2.27. The van der Waals surface area contributed by atoms with Gasteiger partial charge in [-0.3, -0.25) is 0 Å². The molecule has 0 bridgehead atoms. The Labute approximate surface area is 109 Å². The molecule has 0 atom stereocenters. The van der Waals surface area contributed by atoms with E-state index < -0.39 is 0 Å². The van der Waals surface area contributed by atoms with E-state index in [1.165, 1.54) is 6.07 Å². The zero-order chi connectivity index (χ0) is 13.4. The van der Waals surface area contributed by atoms with E-state index in [0.29, 0.717) is 18.9 Å². The molecule has 0 spiro atoms. The van der Waals surface area contributed by atoms with Crippen LogP contribution in [0.25, 0.3) is 0 Å². The second-order valence-corrected chi connectivity index (χ2v) is 4.13. The molecule has 0 aromatic heterocycles. The highest BCUT2D eigenvalue weighted by Crippen LogP contribution is 2.22. The van der Waals surface area contributed by atoms with Crippen molar-refractivity contribution in [2.24, 2.45) is 0 Å². The molecule has 1 aromatic carbocycles. The van der Waals surface area contributed by atoms with Gasteiger partial charge in [0, 0.05) is 18.7 Å². The van der Waals surface area contributed by atoms with Crippen molar-refractivity contribution in [3.8, 4) is 5.75 Å². The Hall–Kier alpha value is -1.13. The van der Waals surface area contributed by atoms with Crippen LogP contribution in [0, 0.1) is 5.82 Å². The summed E-state index contributed by atoms with van der Waals surface area (Å²) in [7, 11) is 1.84. The standard InChI is InChI=1S/C14H23FN2O/c1-4-17(5-2)9-10-18-14-12(11-16-3)7-6-8-13(14)15/h6-8,16H,4-5,9-11H2,1-3H3. The molecule has 3 nitrogen and oxygen atoms in total. The topological polar surface area (TPSA) is 24.5 Å². The van der Waals surface area contributed by atoms with Gasteiger partial charge in [-0.2, -0.15) is 0 Å². The second kappa shape index (κ2) is 8.06. The van der Waals surface area contributed by atoms with Crippen LogP contribution in [-0.4, -0.2) is 38.2 Å². The smallest absolute Gasteiger partial charge is 0.165 e. The Morgan fingerprint density at radius 1 is 1.28 bits per heavy atom. The molecule has 1 rings (SSSR count). The molecule has 0 aliphatic rings. The first-order valence-corrected chi connectivity index (χ1v) is 6.50. The maximum absolute atomic E-state index is 13.7. The van der Waals surface area contributed by atoms with Gasteiger partial charge in [0.25, 0.3) is 0 Å². The van der Waals surface area contributed by atoms with Crippen LogP contribution < -0.4 is 10.1 Å². The van der Waals surface area contributed by atoms with Crippen LogP contribution in [0.15, 0.2) is 18.2 Å². The van der Waals surface area contributed by atoms with Crippen LogP contribution in [0.5, 0.6) is 5.75 Å². The largest absolute Gasteiger partial charge is 0.489 e. The Bertz CT molecular complexity index is 354. The van der Waals surface area contributed by atoms with Crippen LogP contribution in [0.2, 0.25) is 0 Å². The van der Waals surface area contributed by atoms with E-state index in [9.17, 15) is 4.39 Å². The number of nitrogens with one attached hydrogen (secondary N) is 1. The molecular weight excluding hydrogens is 231 g/mol. The minimum atomic E-state index is -0.290. The van der Waals surface area contributed by atoms with Crippen LogP contribution in [-0.2, 0) is 6.54 Å². The van der Waals surface area contributed by atoms with Crippen LogP contribution in [0.3, 0.4) is 0 Å². The second-order valence-electron chi connectivity index (χ2n) is 4.13. The first kappa shape index (κ1) is 14.9. The molecule has 0 aliphatic carbocycles. The van der Waals surface area contributed by atoms with E-state index in [-0.39, 0.29) is 5.82 Å². The van der Waals surface area contributed by atoms with Crippen molar-refractivity contribution in [1.29, 1.82) is 0 Å². The number of para-hydroxylation sites is 1. The minimum absolute atomic E-state index is 0.290. The Kier molecular flexibility index (Phi) is 6.68. The summed E-state index contributed by atoms with van der Waals surface area (Å²) < 4.78 is 19.3. The van der Waals surface area contributed by atoms with E-state index in [1.54, 1.807) is 6.07 Å². The van der Waals surface area contributed by atoms with Gasteiger partial charge in [0.1, 0.15) is 6.61 Å². The molecule has 0 amide bonds. The number of hydrogen-bond acceptors (Lipinski definition) is 3. The summed E-state index contributed by atoms with van der Waals surface area (Å²) in [5.74, 6) is 0.0845. The van der Waals surface area contributed by atoms with Gasteiger partial charge in [-0.25, -0.2) is 4.39 Å². The Morgan fingerprint density at radius 3 is 2.61 bits per heavy atom. The summed E-state index contributed by atoms with van der Waals surface area (Å²) in [4.78, 5) is 2.25. The van der Waals surface area contributed by atoms with Gasteiger partial charge in [0.05, 0.1) is 0 Å². The number of benzene rings is 1. The molecule has 0 radical (unpaired) electrons. The average Bonchev–Trinajstić information content (AvgIpc) is 2.38. The minimum Gasteiger partial charge on any atom is -0.489 e. The van der Waals surface area contributed by atoms with E-state index in [1.807, 2.05) is 13.1 Å². The SMILES string of the molecule is CCN(CC)CCOc1c(F)cccc1CNC. The maximum Gasteiger partial charge on any atom is 0.165 e. The van der Waals surface area contributed by atoms with Crippen molar-refractivity contribution in [2.75, 3.05) is 33.3 Å². The van der Waals surface area contributed by atoms with Crippen LogP contribution >= 0.6 is 0 Å². The lowest BCUT2D eigenvalue weighted by Gasteiger charge is -2.19. The monoisotopic (exact) mass is 254 g/mol. The van der Waals surface area contributed by atoms with Gasteiger partial charge >= 0.3 is 0 Å². The fourth-order valence-corrected chi connectivity index (χ4v) is 1.86. The summed E-state index contributed by atoms with van der Waals surface area (Å²) in [5, 5.41) is 3.02. The lowest BCUT2D eigenvalue weighted by Crippen LogP contribution is -2.28. The molecular formula is C14H23FN2O. The summed E-state index contributed by atoms with van der Waals surface area (Å²) >= 11 is 0. The summed E-state index contributed by atoms with van der Waals surface area (Å²) in [6, 6.07) is 5.03. The van der Waals surface area contributed by atoms with E-state index in [4.69, 9.17) is 4.74 Å². The number of hydrogen-bond donors (Lipinski definition) is 1. The van der Waals surface area contributed by atoms with Crippen molar-refractivity contribution in [3.05, 3.63) is 29.6 Å². The van der Waals surface area contributed by atoms with E-state index >= 15 is 0 Å². The lowest BCUT2D eigenvalue weighted by molar-refractivity contribution is 0.216. The van der Waals surface area contributed by atoms with Crippen molar-refractivity contribution in [1.82, 2.24) is 10.2 Å². The maximum atomic E-state index is 13.7. The molecule has 0 unspecified atom stereocenters. The molecule has 0 fully saturated rings. The third kappa shape index (κ3) is 4.27. The molecule has 0 heterocycles. The van der Waals surface area contributed by atoms with Gasteiger partial charge in [-0.1, -0.05) is 26.0 Å². The summed E-state index contributed by atoms with van der Waals surface area (Å²) in [6.07, 6.45) is 0. The Morgan fingerprint density at radius 2 is 2.00 bits per heavy atom. The molecule has 18 heavy (non-hydrogen) atoms. The summed E-state index contributed by atoms with van der Waals surface area (Å²) in [5.41, 5.74) is 0.858. The predicted molar refractivity (Wildman–Crippen MR) is 72.4 cm³/mol. The molecule has 1 N–H and O–H groups in total. The normalized spacial score (nSPS) is 10.9. The van der Waals surface area contributed by atoms with Crippen molar-refractivity contribution < 1.29 is 9.13 Å². The van der Waals surface area contributed by atoms with Crippen molar-refractivity contribution in [2.45, 2.75) is 20.4 Å². The number of rotatable bonds is 8. The summed E-state index contributed by atoms with van der Waals surface area (Å²) in [6.45, 7) is 8.14. The average molecular weight is 254 g/mol. The number of halogens is 1. The third-order valence-corrected chi connectivity index (χ3v) is 2.96. The van der Waals surface area contributed by atoms with E-state index in [2.05, 4.69) is 24.1 Å². The number of ether oxygens (including phenoxy) is 1. The quantitative estimate of drug-likeness (QED) is 0.770. The van der Waals surface area contributed by atoms with Crippen LogP contribution in [0.4, 0.5) is 4.39 Å². The van der Waals surface area contributed by atoms with Gasteiger partial charge in [0.2, 0.25) is 0 Å². The van der Waals surface area contributed by atoms with E-state index in [0.717, 1.165) is 25.2 Å².